The van der Waals surface area contributed by atoms with E-state index < -0.39 is 0 Å². The summed E-state index contributed by atoms with van der Waals surface area (Å²) in [6.07, 6.45) is 3.31. The topological polar surface area (TPSA) is 24.7 Å². The highest BCUT2D eigenvalue weighted by atomic mass is 32.2. The Balaban J connectivity index is 2.60. The minimum Gasteiger partial charge on any atom is -0.159 e. The SMILES string of the molecule is C1=CSC=CN=N1. The molecular formula is C4H4N2S. The van der Waals surface area contributed by atoms with Gasteiger partial charge in [0.25, 0.3) is 0 Å². The van der Waals surface area contributed by atoms with E-state index in [0.29, 0.717) is 0 Å². The van der Waals surface area contributed by atoms with E-state index in [2.05, 4.69) is 10.2 Å². The second-order valence-corrected chi connectivity index (χ2v) is 1.75. The van der Waals surface area contributed by atoms with Gasteiger partial charge in [-0.25, -0.2) is 0 Å². The third kappa shape index (κ3) is 1.55. The highest BCUT2D eigenvalue weighted by molar-refractivity contribution is 8.04. The van der Waals surface area contributed by atoms with Gasteiger partial charge in [0.15, 0.2) is 0 Å². The Morgan fingerprint density at radius 1 is 1.00 bits per heavy atom. The molecule has 1 aliphatic rings. The van der Waals surface area contributed by atoms with Gasteiger partial charge in [0.2, 0.25) is 0 Å². The predicted molar refractivity (Wildman–Crippen MR) is 30.7 cm³/mol. The third-order valence-electron chi connectivity index (χ3n) is 0.479. The van der Waals surface area contributed by atoms with Crippen LogP contribution in [-0.4, -0.2) is 0 Å². The Morgan fingerprint density at radius 2 is 1.57 bits per heavy atom. The Hall–Kier alpha value is -0.570. The molecule has 0 fully saturated rings. The normalized spacial score (nSPS) is 17.1. The van der Waals surface area contributed by atoms with Crippen LogP contribution in [0.2, 0.25) is 0 Å². The third-order valence-corrected chi connectivity index (χ3v) is 1.04. The van der Waals surface area contributed by atoms with E-state index in [-0.39, 0.29) is 0 Å². The van der Waals surface area contributed by atoms with Gasteiger partial charge in [-0.1, -0.05) is 0 Å². The first-order valence-corrected chi connectivity index (χ1v) is 2.80. The van der Waals surface area contributed by atoms with Gasteiger partial charge in [0, 0.05) is 0 Å². The van der Waals surface area contributed by atoms with Crippen molar-refractivity contribution in [2.24, 2.45) is 10.2 Å². The highest BCUT2D eigenvalue weighted by Gasteiger charge is 1.72. The lowest BCUT2D eigenvalue weighted by molar-refractivity contribution is 1.24. The molecule has 1 heterocycles. The molecule has 0 saturated heterocycles. The Bertz CT molecular complexity index is 112. The Labute approximate surface area is 46.0 Å². The van der Waals surface area contributed by atoms with Crippen LogP contribution in [-0.2, 0) is 0 Å². The fourth-order valence-electron chi connectivity index (χ4n) is 0.247. The smallest absolute Gasteiger partial charge is 0.0561 e. The quantitative estimate of drug-likeness (QED) is 0.471. The first kappa shape index (κ1) is 4.59. The van der Waals surface area contributed by atoms with Crippen LogP contribution in [0.25, 0.3) is 0 Å². The van der Waals surface area contributed by atoms with Gasteiger partial charge in [-0.3, -0.25) is 0 Å². The van der Waals surface area contributed by atoms with Crippen molar-refractivity contribution >= 4 is 11.8 Å². The second-order valence-electron chi connectivity index (χ2n) is 0.937. The van der Waals surface area contributed by atoms with Gasteiger partial charge in [-0.15, -0.1) is 11.8 Å². The molecule has 0 aliphatic carbocycles. The van der Waals surface area contributed by atoms with Crippen LogP contribution in [0.4, 0.5) is 0 Å². The summed E-state index contributed by atoms with van der Waals surface area (Å²) in [6, 6.07) is 0. The van der Waals surface area contributed by atoms with Crippen LogP contribution < -0.4 is 0 Å². The van der Waals surface area contributed by atoms with Crippen molar-refractivity contribution in [1.29, 1.82) is 0 Å². The van der Waals surface area contributed by atoms with Crippen molar-refractivity contribution in [3.8, 4) is 0 Å². The molecular weight excluding hydrogens is 108 g/mol. The fraction of sp³-hybridized carbons (Fsp3) is 0. The maximum Gasteiger partial charge on any atom is 0.0561 e. The zero-order valence-corrected chi connectivity index (χ0v) is 4.43. The zero-order chi connectivity index (χ0) is 4.95. The van der Waals surface area contributed by atoms with Gasteiger partial charge in [0.05, 0.1) is 12.4 Å². The van der Waals surface area contributed by atoms with Gasteiger partial charge < -0.3 is 0 Å². The van der Waals surface area contributed by atoms with E-state index in [1.807, 2.05) is 10.8 Å². The van der Waals surface area contributed by atoms with Gasteiger partial charge >= 0.3 is 0 Å². The molecule has 0 spiro atoms. The molecule has 0 atom stereocenters. The average molecular weight is 112 g/mol. The summed E-state index contributed by atoms with van der Waals surface area (Å²) < 4.78 is 0. The van der Waals surface area contributed by atoms with Crippen molar-refractivity contribution in [3.05, 3.63) is 23.2 Å². The van der Waals surface area contributed by atoms with Crippen molar-refractivity contribution in [2.75, 3.05) is 0 Å². The largest absolute Gasteiger partial charge is 0.159 e. The monoisotopic (exact) mass is 112 g/mol. The molecule has 1 rings (SSSR count). The molecule has 0 N–H and O–H groups in total. The Kier molecular flexibility index (Phi) is 1.69. The van der Waals surface area contributed by atoms with Crippen LogP contribution in [0.1, 0.15) is 0 Å². The lowest BCUT2D eigenvalue weighted by Gasteiger charge is -1.67. The molecule has 7 heavy (non-hydrogen) atoms. The molecule has 0 aromatic heterocycles. The lowest BCUT2D eigenvalue weighted by atomic mass is 11.0. The van der Waals surface area contributed by atoms with E-state index in [1.54, 1.807) is 24.2 Å². The molecule has 3 heteroatoms. The Morgan fingerprint density at radius 3 is 2.14 bits per heavy atom. The number of azo groups is 1. The van der Waals surface area contributed by atoms with Crippen molar-refractivity contribution in [1.82, 2.24) is 0 Å². The van der Waals surface area contributed by atoms with Crippen molar-refractivity contribution < 1.29 is 0 Å². The maximum absolute atomic E-state index is 3.61. The molecule has 0 unspecified atom stereocenters. The van der Waals surface area contributed by atoms with E-state index in [0.717, 1.165) is 0 Å². The molecule has 0 amide bonds. The van der Waals surface area contributed by atoms with Crippen molar-refractivity contribution in [3.63, 3.8) is 0 Å². The summed E-state index contributed by atoms with van der Waals surface area (Å²) in [5, 5.41) is 11.0. The zero-order valence-electron chi connectivity index (χ0n) is 3.61. The number of thioether (sulfide) groups is 1. The van der Waals surface area contributed by atoms with Crippen LogP contribution in [0.15, 0.2) is 33.4 Å². The van der Waals surface area contributed by atoms with Crippen LogP contribution >= 0.6 is 11.8 Å². The molecule has 2 nitrogen and oxygen atoms in total. The molecule has 0 radical (unpaired) electrons. The van der Waals surface area contributed by atoms with E-state index in [9.17, 15) is 0 Å². The number of rotatable bonds is 0. The van der Waals surface area contributed by atoms with E-state index in [4.69, 9.17) is 0 Å². The summed E-state index contributed by atoms with van der Waals surface area (Å²) in [5.41, 5.74) is 0. The number of hydrogen-bond acceptors (Lipinski definition) is 3. The van der Waals surface area contributed by atoms with Gasteiger partial charge in [-0.2, -0.15) is 10.2 Å². The van der Waals surface area contributed by atoms with E-state index in [1.165, 1.54) is 0 Å². The summed E-state index contributed by atoms with van der Waals surface area (Å²) in [7, 11) is 0. The standard InChI is InChI=1S/C4H4N2S/c1-3-7-4-2-6-5-1/h1-4H. The molecule has 1 aliphatic heterocycles. The first-order valence-electron chi connectivity index (χ1n) is 1.85. The van der Waals surface area contributed by atoms with E-state index >= 15 is 0 Å². The average Bonchev–Trinajstić information content (AvgIpc) is 1.90. The fourth-order valence-corrected chi connectivity index (χ4v) is 0.587. The number of nitrogens with zero attached hydrogens (tertiary/aromatic N) is 2. The minimum atomic E-state index is 1.57. The maximum atomic E-state index is 3.61. The lowest BCUT2D eigenvalue weighted by Crippen LogP contribution is -1.36. The van der Waals surface area contributed by atoms with Gasteiger partial charge in [0.1, 0.15) is 0 Å². The molecule has 0 saturated carbocycles. The second kappa shape index (κ2) is 2.58. The first-order chi connectivity index (χ1) is 3.50. The summed E-state index contributed by atoms with van der Waals surface area (Å²) >= 11 is 1.57. The highest BCUT2D eigenvalue weighted by Crippen LogP contribution is 2.06. The molecule has 0 bridgehead atoms. The molecule has 0 aromatic carbocycles. The molecule has 0 aromatic rings. The van der Waals surface area contributed by atoms with Crippen LogP contribution in [0, 0.1) is 0 Å². The predicted octanol–water partition coefficient (Wildman–Crippen LogP) is 2.13. The van der Waals surface area contributed by atoms with Gasteiger partial charge in [-0.05, 0) is 10.8 Å². The van der Waals surface area contributed by atoms with Crippen LogP contribution in [0.3, 0.4) is 0 Å². The van der Waals surface area contributed by atoms with Crippen LogP contribution in [0.5, 0.6) is 0 Å². The summed E-state index contributed by atoms with van der Waals surface area (Å²) in [5.74, 6) is 0. The summed E-state index contributed by atoms with van der Waals surface area (Å²) in [4.78, 5) is 0. The minimum absolute atomic E-state index is 1.57. The number of hydrogen-bond donors (Lipinski definition) is 0. The summed E-state index contributed by atoms with van der Waals surface area (Å²) in [6.45, 7) is 0. The van der Waals surface area contributed by atoms with Crippen molar-refractivity contribution in [2.45, 2.75) is 0 Å². The molecule has 36 valence electrons.